The van der Waals surface area contributed by atoms with Gasteiger partial charge in [-0.1, -0.05) is 0 Å². The average Bonchev–Trinajstić information content (AvgIpc) is 3.46. The highest BCUT2D eigenvalue weighted by Crippen LogP contribution is 2.39. The van der Waals surface area contributed by atoms with Gasteiger partial charge < -0.3 is 25.6 Å². The second kappa shape index (κ2) is 12.6. The molecule has 222 valence electrons. The van der Waals surface area contributed by atoms with Crippen LogP contribution in [0.2, 0.25) is 0 Å². The fourth-order valence-electron chi connectivity index (χ4n) is 7.34. The number of piperidine rings is 3. The minimum absolute atomic E-state index is 0.00976. The number of ether oxygens (including phenoxy) is 1. The molecular formula is C26H43ClF2N6O3S. The van der Waals surface area contributed by atoms with Crippen molar-refractivity contribution in [2.45, 2.75) is 92.5 Å². The molecule has 13 heteroatoms. The van der Waals surface area contributed by atoms with E-state index in [-0.39, 0.29) is 64.0 Å². The van der Waals surface area contributed by atoms with Crippen LogP contribution >= 0.6 is 23.4 Å². The predicted octanol–water partition coefficient (Wildman–Crippen LogP) is 1.13. The number of methoxy groups -OCH3 is 1. The lowest BCUT2D eigenvalue weighted by molar-refractivity contribution is -0.134. The van der Waals surface area contributed by atoms with Crippen LogP contribution in [0.15, 0.2) is 0 Å². The van der Waals surface area contributed by atoms with Crippen LogP contribution < -0.4 is 26.6 Å². The summed E-state index contributed by atoms with van der Waals surface area (Å²) < 4.78 is 32.2. The molecule has 5 aliphatic heterocycles. The maximum atomic E-state index is 13.6. The molecule has 2 amide bonds. The van der Waals surface area contributed by atoms with E-state index in [9.17, 15) is 18.4 Å². The van der Waals surface area contributed by atoms with Crippen LogP contribution in [0.4, 0.5) is 8.78 Å². The second-order valence-corrected chi connectivity index (χ2v) is 13.9. The van der Waals surface area contributed by atoms with Crippen LogP contribution in [0, 0.1) is 23.7 Å². The zero-order valence-electron chi connectivity index (χ0n) is 22.9. The summed E-state index contributed by atoms with van der Waals surface area (Å²) in [5.74, 6) is -0.487. The first-order valence-corrected chi connectivity index (χ1v) is 15.7. The monoisotopic (exact) mass is 592 g/mol. The molecule has 9 nitrogen and oxygen atoms in total. The molecular weight excluding hydrogens is 550 g/mol. The molecule has 0 aliphatic carbocycles. The lowest BCUT2D eigenvalue weighted by atomic mass is 9.70. The van der Waals surface area contributed by atoms with Gasteiger partial charge in [0, 0.05) is 62.6 Å². The molecule has 0 aromatic rings. The van der Waals surface area contributed by atoms with Crippen molar-refractivity contribution in [1.82, 2.24) is 31.5 Å². The van der Waals surface area contributed by atoms with Crippen molar-refractivity contribution in [3.05, 3.63) is 0 Å². The van der Waals surface area contributed by atoms with E-state index in [2.05, 4.69) is 33.5 Å². The molecule has 0 saturated carbocycles. The van der Waals surface area contributed by atoms with Crippen LogP contribution in [0.3, 0.4) is 0 Å². The van der Waals surface area contributed by atoms with Gasteiger partial charge in [0.15, 0.2) is 0 Å². The third kappa shape index (κ3) is 6.52. The van der Waals surface area contributed by atoms with Gasteiger partial charge in [0.2, 0.25) is 18.2 Å². The maximum absolute atomic E-state index is 13.6. The van der Waals surface area contributed by atoms with Gasteiger partial charge >= 0.3 is 0 Å². The van der Waals surface area contributed by atoms with Crippen LogP contribution in [0.5, 0.6) is 0 Å². The zero-order chi connectivity index (χ0) is 27.8. The number of hydrogen-bond acceptors (Lipinski definition) is 8. The Kier molecular flexibility index (Phi) is 9.62. The number of nitrogens with zero attached hydrogens (tertiary/aromatic N) is 1. The molecule has 5 rings (SSSR count). The Labute approximate surface area is 239 Å². The zero-order valence-corrected chi connectivity index (χ0v) is 24.4. The van der Waals surface area contributed by atoms with E-state index < -0.39 is 18.4 Å². The Balaban J connectivity index is 1.14. The quantitative estimate of drug-likeness (QED) is 0.231. The van der Waals surface area contributed by atoms with Gasteiger partial charge in [-0.3, -0.25) is 20.2 Å². The first-order valence-electron chi connectivity index (χ1n) is 14.3. The van der Waals surface area contributed by atoms with Crippen molar-refractivity contribution < 1.29 is 23.1 Å². The van der Waals surface area contributed by atoms with Gasteiger partial charge in [-0.2, -0.15) is 0 Å². The Morgan fingerprint density at radius 2 is 1.87 bits per heavy atom. The number of fused-ring (bicyclic) bond motifs is 1. The molecule has 5 saturated heterocycles. The van der Waals surface area contributed by atoms with Gasteiger partial charge in [-0.05, 0) is 51.4 Å². The summed E-state index contributed by atoms with van der Waals surface area (Å²) in [5.41, 5.74) is -0.332. The molecule has 0 spiro atoms. The molecule has 5 aliphatic rings. The van der Waals surface area contributed by atoms with Crippen molar-refractivity contribution in [2.24, 2.45) is 23.7 Å². The number of carbonyl (C=O) groups excluding carboxylic acids is 2. The number of rotatable bonds is 6. The van der Waals surface area contributed by atoms with Crippen LogP contribution in [0.25, 0.3) is 0 Å². The Morgan fingerprint density at radius 1 is 1.08 bits per heavy atom. The van der Waals surface area contributed by atoms with Crippen molar-refractivity contribution in [1.29, 1.82) is 0 Å². The molecule has 5 fully saturated rings. The molecule has 12 unspecified atom stereocenters. The van der Waals surface area contributed by atoms with E-state index in [0.717, 1.165) is 12.8 Å². The average molecular weight is 593 g/mol. The number of hydrogen-bond donors (Lipinski definition) is 5. The topological polar surface area (TPSA) is 107 Å². The molecule has 39 heavy (non-hydrogen) atoms. The van der Waals surface area contributed by atoms with Gasteiger partial charge in [0.05, 0.1) is 23.6 Å². The lowest BCUT2D eigenvalue weighted by Crippen LogP contribution is -2.58. The summed E-state index contributed by atoms with van der Waals surface area (Å²) in [6, 6.07) is -0.392. The number of amides is 2. The van der Waals surface area contributed by atoms with Crippen LogP contribution in [0.1, 0.15) is 39.5 Å². The second-order valence-electron chi connectivity index (χ2n) is 12.0. The van der Waals surface area contributed by atoms with E-state index in [4.69, 9.17) is 16.3 Å². The molecule has 5 N–H and O–H groups in total. The standard InChI is InChI=1S/C26H43ClF2N6O3S/c1-12-6-15(16-7-22(27)31-9-20(16)38-3)17(8-30-12)24(36)34-26-33-19-10-35(11-21(19)39-26)25(37)18-5-4-14(23(28)29)13(2)32-18/h12-23,26,30-33H,4-11H2,1-3H3,(H,34,36). The Hall–Kier alpha value is -0.760. The lowest BCUT2D eigenvalue weighted by Gasteiger charge is -2.45. The number of halogens is 3. The number of likely N-dealkylation sites (tertiary alicyclic amines) is 1. The predicted molar refractivity (Wildman–Crippen MR) is 148 cm³/mol. The third-order valence-corrected chi connectivity index (χ3v) is 11.2. The number of nitrogens with one attached hydrogen (secondary N) is 5. The molecule has 12 atom stereocenters. The summed E-state index contributed by atoms with van der Waals surface area (Å²) in [4.78, 5) is 28.6. The number of alkyl halides is 3. The largest absolute Gasteiger partial charge is 0.380 e. The fraction of sp³-hybridized carbons (Fsp3) is 0.923. The van der Waals surface area contributed by atoms with Gasteiger partial charge in [-0.25, -0.2) is 8.78 Å². The van der Waals surface area contributed by atoms with E-state index in [1.165, 1.54) is 0 Å². The molecule has 0 bridgehead atoms. The summed E-state index contributed by atoms with van der Waals surface area (Å²) in [5, 5.41) is 16.8. The first kappa shape index (κ1) is 29.7. The number of carbonyl (C=O) groups is 2. The first-order chi connectivity index (χ1) is 18.6. The molecule has 5 heterocycles. The molecule has 0 aromatic carbocycles. The van der Waals surface area contributed by atoms with Gasteiger partial charge in [-0.15, -0.1) is 23.4 Å². The highest BCUT2D eigenvalue weighted by atomic mass is 35.5. The van der Waals surface area contributed by atoms with Crippen molar-refractivity contribution in [3.63, 3.8) is 0 Å². The maximum Gasteiger partial charge on any atom is 0.242 e. The van der Waals surface area contributed by atoms with E-state index in [1.807, 2.05) is 4.90 Å². The van der Waals surface area contributed by atoms with Gasteiger partial charge in [0.1, 0.15) is 5.50 Å². The summed E-state index contributed by atoms with van der Waals surface area (Å²) >= 11 is 8.12. The SMILES string of the molecule is COC1CNC(Cl)CC1C1CC(C)NCC1C(=O)NC1NC2CN(C(=O)C3CCC(C(F)F)C(C)N3)CC2S1. The van der Waals surface area contributed by atoms with Crippen molar-refractivity contribution in [3.8, 4) is 0 Å². The van der Waals surface area contributed by atoms with E-state index in [0.29, 0.717) is 45.1 Å². The smallest absolute Gasteiger partial charge is 0.242 e. The highest BCUT2D eigenvalue weighted by Gasteiger charge is 2.48. The summed E-state index contributed by atoms with van der Waals surface area (Å²) in [6.45, 7) is 6.35. The number of thioether (sulfide) groups is 1. The Bertz CT molecular complexity index is 881. The third-order valence-electron chi connectivity index (χ3n) is 9.56. The van der Waals surface area contributed by atoms with Crippen molar-refractivity contribution in [2.75, 3.05) is 33.3 Å². The van der Waals surface area contributed by atoms with Crippen molar-refractivity contribution >= 4 is 35.2 Å². The van der Waals surface area contributed by atoms with E-state index >= 15 is 0 Å². The van der Waals surface area contributed by atoms with Crippen LogP contribution in [-0.2, 0) is 14.3 Å². The van der Waals surface area contributed by atoms with E-state index in [1.54, 1.807) is 25.8 Å². The van der Waals surface area contributed by atoms with Gasteiger partial charge in [0.25, 0.3) is 0 Å². The minimum Gasteiger partial charge on any atom is -0.380 e. The highest BCUT2D eigenvalue weighted by molar-refractivity contribution is 8.00. The molecule has 0 radical (unpaired) electrons. The minimum atomic E-state index is -2.37. The Morgan fingerprint density at radius 3 is 2.56 bits per heavy atom. The van der Waals surface area contributed by atoms with Crippen LogP contribution in [-0.4, -0.2) is 103 Å². The summed E-state index contributed by atoms with van der Waals surface area (Å²) in [7, 11) is 1.73. The summed E-state index contributed by atoms with van der Waals surface area (Å²) in [6.07, 6.45) is 0.103. The fourth-order valence-corrected chi connectivity index (χ4v) is 9.04. The normalized spacial score (nSPS) is 44.8. The molecule has 0 aromatic heterocycles.